The normalized spacial score (nSPS) is 11.2. The minimum Gasteiger partial charge on any atom is -0.496 e. The van der Waals surface area contributed by atoms with Crippen LogP contribution in [-0.2, 0) is 13.1 Å². The van der Waals surface area contributed by atoms with Crippen LogP contribution in [0.4, 0.5) is 0 Å². The molecule has 0 atom stereocenters. The number of aliphatic imine (C=N–C) groups is 1. The summed E-state index contributed by atoms with van der Waals surface area (Å²) in [7, 11) is 6.53. The van der Waals surface area contributed by atoms with E-state index < -0.39 is 0 Å². The zero-order valence-electron chi connectivity index (χ0n) is 18.5. The summed E-state index contributed by atoms with van der Waals surface area (Å²) < 4.78 is 21.9. The average molecular weight is 425 g/mol. The summed E-state index contributed by atoms with van der Waals surface area (Å²) >= 11 is 0. The molecule has 8 heteroatoms. The van der Waals surface area contributed by atoms with Crippen LogP contribution >= 0.6 is 0 Å². The smallest absolute Gasteiger partial charge is 0.226 e. The second-order valence-electron chi connectivity index (χ2n) is 6.80. The second kappa shape index (κ2) is 10.4. The molecule has 3 rings (SSSR count). The molecule has 1 aromatic heterocycles. The number of aromatic nitrogens is 1. The molecule has 0 saturated carbocycles. The second-order valence-corrected chi connectivity index (χ2v) is 6.80. The van der Waals surface area contributed by atoms with Crippen LogP contribution in [0.25, 0.3) is 11.5 Å². The number of hydrogen-bond acceptors (Lipinski definition) is 6. The lowest BCUT2D eigenvalue weighted by atomic mass is 10.1. The van der Waals surface area contributed by atoms with Gasteiger partial charge < -0.3 is 29.3 Å². The first-order valence-electron chi connectivity index (χ1n) is 9.82. The van der Waals surface area contributed by atoms with Gasteiger partial charge in [-0.05, 0) is 19.1 Å². The maximum atomic E-state index is 5.61. The Balaban J connectivity index is 1.63. The molecule has 0 saturated heterocycles. The Morgan fingerprint density at radius 3 is 2.19 bits per heavy atom. The highest BCUT2D eigenvalue weighted by Crippen LogP contribution is 2.33. The van der Waals surface area contributed by atoms with Crippen LogP contribution in [0, 0.1) is 6.92 Å². The first-order valence-corrected chi connectivity index (χ1v) is 9.82. The van der Waals surface area contributed by atoms with Crippen LogP contribution < -0.4 is 24.8 Å². The van der Waals surface area contributed by atoms with Gasteiger partial charge in [0, 0.05) is 24.7 Å². The van der Waals surface area contributed by atoms with Crippen molar-refractivity contribution in [3.63, 3.8) is 0 Å². The van der Waals surface area contributed by atoms with Crippen molar-refractivity contribution < 1.29 is 18.6 Å². The molecule has 8 nitrogen and oxygen atoms in total. The van der Waals surface area contributed by atoms with E-state index in [1.54, 1.807) is 34.6 Å². The minimum absolute atomic E-state index is 0.448. The minimum atomic E-state index is 0.448. The third-order valence-corrected chi connectivity index (χ3v) is 4.76. The van der Waals surface area contributed by atoms with Crippen molar-refractivity contribution in [2.75, 3.05) is 28.4 Å². The summed E-state index contributed by atoms with van der Waals surface area (Å²) in [5.74, 6) is 3.19. The molecule has 0 bridgehead atoms. The van der Waals surface area contributed by atoms with E-state index >= 15 is 0 Å². The van der Waals surface area contributed by atoms with Crippen LogP contribution in [-0.4, -0.2) is 39.3 Å². The molecule has 0 spiro atoms. The Hall–Kier alpha value is -3.68. The molecular weight excluding hydrogens is 396 g/mol. The van der Waals surface area contributed by atoms with Gasteiger partial charge in [0.15, 0.2) is 5.96 Å². The maximum Gasteiger partial charge on any atom is 0.226 e. The van der Waals surface area contributed by atoms with E-state index in [2.05, 4.69) is 20.6 Å². The fourth-order valence-electron chi connectivity index (χ4n) is 3.04. The number of methoxy groups -OCH3 is 3. The van der Waals surface area contributed by atoms with Gasteiger partial charge in [-0.25, -0.2) is 4.98 Å². The van der Waals surface area contributed by atoms with Gasteiger partial charge >= 0.3 is 0 Å². The molecular formula is C23H28N4O4. The third-order valence-electron chi connectivity index (χ3n) is 4.76. The molecule has 31 heavy (non-hydrogen) atoms. The highest BCUT2D eigenvalue weighted by molar-refractivity contribution is 5.79. The van der Waals surface area contributed by atoms with Crippen molar-refractivity contribution >= 4 is 5.96 Å². The molecule has 1 heterocycles. The van der Waals surface area contributed by atoms with Crippen LogP contribution in [0.2, 0.25) is 0 Å². The van der Waals surface area contributed by atoms with Crippen LogP contribution in [0.3, 0.4) is 0 Å². The SMILES string of the molecule is CN=C(NCc1coc(-c2ccc(C)cc2)n1)NCc1c(OC)cc(OC)cc1OC. The molecule has 0 aliphatic rings. The number of aryl methyl sites for hydroxylation is 1. The summed E-state index contributed by atoms with van der Waals surface area (Å²) in [5.41, 5.74) is 3.77. The molecule has 0 unspecified atom stereocenters. The fraction of sp³-hybridized carbons (Fsp3) is 0.304. The Morgan fingerprint density at radius 1 is 0.968 bits per heavy atom. The summed E-state index contributed by atoms with van der Waals surface area (Å²) in [6.45, 7) is 2.96. The number of benzene rings is 2. The van der Waals surface area contributed by atoms with Crippen molar-refractivity contribution in [3.05, 3.63) is 59.5 Å². The third kappa shape index (κ3) is 5.48. The quantitative estimate of drug-likeness (QED) is 0.422. The van der Waals surface area contributed by atoms with Gasteiger partial charge in [0.25, 0.3) is 0 Å². The molecule has 0 fully saturated rings. The van der Waals surface area contributed by atoms with Crippen molar-refractivity contribution in [1.29, 1.82) is 0 Å². The molecule has 0 amide bonds. The average Bonchev–Trinajstić information content (AvgIpc) is 3.28. The Bertz CT molecular complexity index is 1000. The maximum absolute atomic E-state index is 5.61. The van der Waals surface area contributed by atoms with Gasteiger partial charge in [0.1, 0.15) is 23.5 Å². The summed E-state index contributed by atoms with van der Waals surface area (Å²) in [5, 5.41) is 6.50. The Labute approximate surface area is 182 Å². The van der Waals surface area contributed by atoms with Crippen molar-refractivity contribution in [1.82, 2.24) is 15.6 Å². The monoisotopic (exact) mass is 424 g/mol. The summed E-state index contributed by atoms with van der Waals surface area (Å²) in [6, 6.07) is 11.7. The predicted octanol–water partition coefficient (Wildman–Crippen LogP) is 3.54. The lowest BCUT2D eigenvalue weighted by Gasteiger charge is -2.17. The van der Waals surface area contributed by atoms with E-state index in [9.17, 15) is 0 Å². The molecule has 164 valence electrons. The van der Waals surface area contributed by atoms with Gasteiger partial charge in [-0.2, -0.15) is 0 Å². The predicted molar refractivity (Wildman–Crippen MR) is 120 cm³/mol. The zero-order chi connectivity index (χ0) is 22.2. The van der Waals surface area contributed by atoms with Crippen molar-refractivity contribution in [2.45, 2.75) is 20.0 Å². The van der Waals surface area contributed by atoms with Gasteiger partial charge in [-0.1, -0.05) is 17.7 Å². The Kier molecular flexibility index (Phi) is 7.37. The number of rotatable bonds is 8. The van der Waals surface area contributed by atoms with Gasteiger partial charge in [0.05, 0.1) is 45.7 Å². The van der Waals surface area contributed by atoms with Gasteiger partial charge in [-0.15, -0.1) is 0 Å². The number of nitrogens with zero attached hydrogens (tertiary/aromatic N) is 2. The highest BCUT2D eigenvalue weighted by atomic mass is 16.5. The Morgan fingerprint density at radius 2 is 1.61 bits per heavy atom. The highest BCUT2D eigenvalue weighted by Gasteiger charge is 2.14. The number of ether oxygens (including phenoxy) is 3. The van der Waals surface area contributed by atoms with E-state index in [0.717, 1.165) is 16.8 Å². The van der Waals surface area contributed by atoms with Crippen LogP contribution in [0.1, 0.15) is 16.8 Å². The van der Waals surface area contributed by atoms with E-state index in [1.165, 1.54) is 5.56 Å². The lowest BCUT2D eigenvalue weighted by Crippen LogP contribution is -2.36. The standard InChI is InChI=1S/C23H28N4O4/c1-15-6-8-16(9-7-15)22-27-17(14-31-22)12-25-23(24-2)26-13-19-20(29-4)10-18(28-3)11-21(19)30-5/h6-11,14H,12-13H2,1-5H3,(H2,24,25,26). The van der Waals surface area contributed by atoms with Crippen molar-refractivity contribution in [3.8, 4) is 28.7 Å². The van der Waals surface area contributed by atoms with E-state index in [0.29, 0.717) is 42.2 Å². The van der Waals surface area contributed by atoms with Gasteiger partial charge in [-0.3, -0.25) is 4.99 Å². The van der Waals surface area contributed by atoms with E-state index in [1.807, 2.05) is 43.3 Å². The number of nitrogens with one attached hydrogen (secondary N) is 2. The molecule has 0 radical (unpaired) electrons. The van der Waals surface area contributed by atoms with Gasteiger partial charge in [0.2, 0.25) is 5.89 Å². The number of hydrogen-bond donors (Lipinski definition) is 2. The lowest BCUT2D eigenvalue weighted by molar-refractivity contribution is 0.368. The van der Waals surface area contributed by atoms with Crippen molar-refractivity contribution in [2.24, 2.45) is 4.99 Å². The molecule has 2 aromatic carbocycles. The topological polar surface area (TPSA) is 90.1 Å². The molecule has 2 N–H and O–H groups in total. The number of guanidine groups is 1. The largest absolute Gasteiger partial charge is 0.496 e. The first kappa shape index (κ1) is 22.0. The molecule has 0 aliphatic carbocycles. The molecule has 0 aliphatic heterocycles. The van der Waals surface area contributed by atoms with Crippen LogP contribution in [0.5, 0.6) is 17.2 Å². The first-order chi connectivity index (χ1) is 15.1. The van der Waals surface area contributed by atoms with Crippen LogP contribution in [0.15, 0.2) is 52.1 Å². The summed E-state index contributed by atoms with van der Waals surface area (Å²) in [4.78, 5) is 8.81. The van der Waals surface area contributed by atoms with E-state index in [4.69, 9.17) is 18.6 Å². The fourth-order valence-corrected chi connectivity index (χ4v) is 3.04. The van der Waals surface area contributed by atoms with E-state index in [-0.39, 0.29) is 0 Å². The zero-order valence-corrected chi connectivity index (χ0v) is 18.5. The summed E-state index contributed by atoms with van der Waals surface area (Å²) in [6.07, 6.45) is 1.64. The molecule has 3 aromatic rings. The number of oxazole rings is 1.